The average molecular weight is 230 g/mol. The van der Waals surface area contributed by atoms with Crippen LogP contribution in [0.25, 0.3) is 0 Å². The van der Waals surface area contributed by atoms with Gasteiger partial charge in [0.05, 0.1) is 11.6 Å². The second-order valence-corrected chi connectivity index (χ2v) is 3.35. The first-order chi connectivity index (χ1) is 5.77. The number of rotatable bonds is 3. The van der Waals surface area contributed by atoms with Gasteiger partial charge in [0.1, 0.15) is 5.75 Å². The highest BCUT2D eigenvalue weighted by Gasteiger charge is 1.99. The van der Waals surface area contributed by atoms with E-state index >= 15 is 0 Å². The summed E-state index contributed by atoms with van der Waals surface area (Å²) in [6.45, 7) is 0.878. The van der Waals surface area contributed by atoms with Gasteiger partial charge in [0.15, 0.2) is 0 Å². The summed E-state index contributed by atoms with van der Waals surface area (Å²) in [4.78, 5) is 0. The molecule has 1 N–H and O–H groups in total. The van der Waals surface area contributed by atoms with Gasteiger partial charge in [-0.1, -0.05) is 6.07 Å². The fourth-order valence-electron chi connectivity index (χ4n) is 1.02. The Bertz CT molecular complexity index is 263. The molecule has 0 aliphatic rings. The van der Waals surface area contributed by atoms with Crippen LogP contribution in [0.3, 0.4) is 0 Å². The van der Waals surface area contributed by atoms with Crippen LogP contribution in [0, 0.1) is 0 Å². The molecular formula is C9H12BrNO. The molecule has 0 aliphatic heterocycles. The third-order valence-corrected chi connectivity index (χ3v) is 2.22. The van der Waals surface area contributed by atoms with Gasteiger partial charge in [0, 0.05) is 6.54 Å². The third kappa shape index (κ3) is 2.22. The SMILES string of the molecule is CNCc1ccc(OC)c(Br)c1. The van der Waals surface area contributed by atoms with Gasteiger partial charge in [-0.05, 0) is 40.7 Å². The molecule has 0 fully saturated rings. The number of nitrogens with one attached hydrogen (secondary N) is 1. The first kappa shape index (κ1) is 9.55. The van der Waals surface area contributed by atoms with Gasteiger partial charge < -0.3 is 10.1 Å². The second-order valence-electron chi connectivity index (χ2n) is 2.50. The van der Waals surface area contributed by atoms with Gasteiger partial charge in [0.2, 0.25) is 0 Å². The summed E-state index contributed by atoms with van der Waals surface area (Å²) in [5, 5.41) is 3.09. The normalized spacial score (nSPS) is 9.92. The number of halogens is 1. The Morgan fingerprint density at radius 2 is 2.25 bits per heavy atom. The van der Waals surface area contributed by atoms with Crippen molar-refractivity contribution in [2.75, 3.05) is 14.2 Å². The van der Waals surface area contributed by atoms with Crippen LogP contribution in [0.2, 0.25) is 0 Å². The number of ether oxygens (including phenoxy) is 1. The van der Waals surface area contributed by atoms with Gasteiger partial charge in [-0.25, -0.2) is 0 Å². The first-order valence-electron chi connectivity index (χ1n) is 3.75. The Hall–Kier alpha value is -0.540. The highest BCUT2D eigenvalue weighted by atomic mass is 79.9. The molecule has 0 saturated heterocycles. The zero-order chi connectivity index (χ0) is 8.97. The quantitative estimate of drug-likeness (QED) is 0.859. The number of hydrogen-bond donors (Lipinski definition) is 1. The van der Waals surface area contributed by atoms with Crippen LogP contribution in [0.4, 0.5) is 0 Å². The molecule has 12 heavy (non-hydrogen) atoms. The van der Waals surface area contributed by atoms with Crippen molar-refractivity contribution in [2.45, 2.75) is 6.54 Å². The van der Waals surface area contributed by atoms with Gasteiger partial charge >= 0.3 is 0 Å². The minimum absolute atomic E-state index is 0.870. The molecule has 0 heterocycles. The summed E-state index contributed by atoms with van der Waals surface area (Å²) >= 11 is 3.42. The van der Waals surface area contributed by atoms with E-state index < -0.39 is 0 Å². The summed E-state index contributed by atoms with van der Waals surface area (Å²) in [5.41, 5.74) is 1.24. The van der Waals surface area contributed by atoms with Crippen LogP contribution in [-0.4, -0.2) is 14.2 Å². The van der Waals surface area contributed by atoms with Crippen molar-refractivity contribution in [3.63, 3.8) is 0 Å². The van der Waals surface area contributed by atoms with Crippen molar-refractivity contribution in [1.29, 1.82) is 0 Å². The zero-order valence-electron chi connectivity index (χ0n) is 7.23. The van der Waals surface area contributed by atoms with Crippen molar-refractivity contribution in [2.24, 2.45) is 0 Å². The molecule has 0 saturated carbocycles. The summed E-state index contributed by atoms with van der Waals surface area (Å²) < 4.78 is 6.11. The van der Waals surface area contributed by atoms with E-state index in [9.17, 15) is 0 Å². The largest absolute Gasteiger partial charge is 0.496 e. The number of methoxy groups -OCH3 is 1. The maximum atomic E-state index is 5.11. The van der Waals surface area contributed by atoms with Gasteiger partial charge in [-0.3, -0.25) is 0 Å². The molecule has 3 heteroatoms. The monoisotopic (exact) mass is 229 g/mol. The van der Waals surface area contributed by atoms with Crippen LogP contribution in [-0.2, 0) is 6.54 Å². The molecule has 0 spiro atoms. The Kier molecular flexibility index (Phi) is 3.56. The van der Waals surface area contributed by atoms with Gasteiger partial charge in [0.25, 0.3) is 0 Å². The minimum Gasteiger partial charge on any atom is -0.496 e. The van der Waals surface area contributed by atoms with E-state index in [-0.39, 0.29) is 0 Å². The molecule has 66 valence electrons. The molecule has 1 aromatic rings. The molecular weight excluding hydrogens is 218 g/mol. The Balaban J connectivity index is 2.86. The van der Waals surface area contributed by atoms with E-state index in [0.29, 0.717) is 0 Å². The predicted octanol–water partition coefficient (Wildman–Crippen LogP) is 2.18. The standard InChI is InChI=1S/C9H12BrNO/c1-11-6-7-3-4-9(12-2)8(10)5-7/h3-5,11H,6H2,1-2H3. The topological polar surface area (TPSA) is 21.3 Å². The van der Waals surface area contributed by atoms with Crippen LogP contribution >= 0.6 is 15.9 Å². The highest BCUT2D eigenvalue weighted by Crippen LogP contribution is 2.25. The smallest absolute Gasteiger partial charge is 0.133 e. The van der Waals surface area contributed by atoms with Crippen molar-refractivity contribution >= 4 is 15.9 Å². The maximum Gasteiger partial charge on any atom is 0.133 e. The number of hydrogen-bond acceptors (Lipinski definition) is 2. The zero-order valence-corrected chi connectivity index (χ0v) is 8.81. The molecule has 0 amide bonds. The molecule has 0 unspecified atom stereocenters. The van der Waals surface area contributed by atoms with Crippen LogP contribution in [0.1, 0.15) is 5.56 Å². The van der Waals surface area contributed by atoms with Crippen LogP contribution in [0.5, 0.6) is 5.75 Å². The Labute approximate surface area is 81.1 Å². The summed E-state index contributed by atoms with van der Waals surface area (Å²) in [6.07, 6.45) is 0. The lowest BCUT2D eigenvalue weighted by molar-refractivity contribution is 0.412. The molecule has 0 atom stereocenters. The lowest BCUT2D eigenvalue weighted by Gasteiger charge is -2.05. The maximum absolute atomic E-state index is 5.11. The molecule has 0 aliphatic carbocycles. The summed E-state index contributed by atoms with van der Waals surface area (Å²) in [6, 6.07) is 6.05. The third-order valence-electron chi connectivity index (χ3n) is 1.60. The molecule has 1 rings (SSSR count). The minimum atomic E-state index is 0.870. The van der Waals surface area contributed by atoms with Crippen molar-refractivity contribution < 1.29 is 4.74 Å². The fraction of sp³-hybridized carbons (Fsp3) is 0.333. The lowest BCUT2D eigenvalue weighted by Crippen LogP contribution is -2.04. The van der Waals surface area contributed by atoms with E-state index in [2.05, 4.69) is 27.3 Å². The predicted molar refractivity (Wildman–Crippen MR) is 53.5 cm³/mol. The van der Waals surface area contributed by atoms with Crippen LogP contribution in [0.15, 0.2) is 22.7 Å². The van der Waals surface area contributed by atoms with E-state index in [1.54, 1.807) is 7.11 Å². The van der Waals surface area contributed by atoms with Gasteiger partial charge in [-0.2, -0.15) is 0 Å². The Morgan fingerprint density at radius 1 is 1.50 bits per heavy atom. The van der Waals surface area contributed by atoms with Crippen molar-refractivity contribution in [3.05, 3.63) is 28.2 Å². The molecule has 0 radical (unpaired) electrons. The highest BCUT2D eigenvalue weighted by molar-refractivity contribution is 9.10. The van der Waals surface area contributed by atoms with Crippen LogP contribution < -0.4 is 10.1 Å². The molecule has 0 aromatic heterocycles. The van der Waals surface area contributed by atoms with Crippen molar-refractivity contribution in [1.82, 2.24) is 5.32 Å². The molecule has 2 nitrogen and oxygen atoms in total. The van der Waals surface area contributed by atoms with E-state index in [1.807, 2.05) is 19.2 Å². The van der Waals surface area contributed by atoms with Gasteiger partial charge in [-0.15, -0.1) is 0 Å². The summed E-state index contributed by atoms with van der Waals surface area (Å²) in [5.74, 6) is 0.870. The second kappa shape index (κ2) is 4.48. The molecule has 0 bridgehead atoms. The molecule has 1 aromatic carbocycles. The van der Waals surface area contributed by atoms with Crippen molar-refractivity contribution in [3.8, 4) is 5.75 Å². The Morgan fingerprint density at radius 3 is 2.75 bits per heavy atom. The lowest BCUT2D eigenvalue weighted by atomic mass is 10.2. The average Bonchev–Trinajstić information content (AvgIpc) is 2.05. The number of benzene rings is 1. The summed E-state index contributed by atoms with van der Waals surface area (Å²) in [7, 11) is 3.59. The first-order valence-corrected chi connectivity index (χ1v) is 4.54. The van der Waals surface area contributed by atoms with E-state index in [1.165, 1.54) is 5.56 Å². The van der Waals surface area contributed by atoms with E-state index in [0.717, 1.165) is 16.8 Å². The fourth-order valence-corrected chi connectivity index (χ4v) is 1.61. The van der Waals surface area contributed by atoms with E-state index in [4.69, 9.17) is 4.74 Å².